The first kappa shape index (κ1) is 15.3. The molecule has 0 unspecified atom stereocenters. The van der Waals surface area contributed by atoms with E-state index in [0.29, 0.717) is 18.7 Å². The van der Waals surface area contributed by atoms with E-state index in [2.05, 4.69) is 5.32 Å². The number of nitrogens with one attached hydrogen (secondary N) is 1. The van der Waals surface area contributed by atoms with Crippen LogP contribution < -0.4 is 5.32 Å². The number of furan rings is 1. The molecule has 0 radical (unpaired) electrons. The van der Waals surface area contributed by atoms with Crippen LogP contribution in [0.5, 0.6) is 0 Å². The highest BCUT2D eigenvalue weighted by Gasteiger charge is 2.25. The number of hydrogen-bond acceptors (Lipinski definition) is 3. The minimum absolute atomic E-state index is 0.0598. The van der Waals surface area contributed by atoms with Gasteiger partial charge in [0.25, 0.3) is 11.8 Å². The normalized spacial score (nSPS) is 15.4. The molecule has 1 aliphatic rings. The minimum Gasteiger partial charge on any atom is -0.472 e. The van der Waals surface area contributed by atoms with Crippen molar-refractivity contribution in [2.24, 2.45) is 0 Å². The van der Waals surface area contributed by atoms with E-state index in [-0.39, 0.29) is 17.9 Å². The SMILES string of the molecule is Cc1ccc(C(=O)N2CCC(NC(=O)c3ccoc3)CC2)cc1. The second-order valence-corrected chi connectivity index (χ2v) is 5.92. The Bertz CT molecular complexity index is 669. The highest BCUT2D eigenvalue weighted by atomic mass is 16.3. The van der Waals surface area contributed by atoms with Crippen LogP contribution in [0.4, 0.5) is 0 Å². The minimum atomic E-state index is -0.123. The molecule has 2 amide bonds. The van der Waals surface area contributed by atoms with Crippen LogP contribution >= 0.6 is 0 Å². The summed E-state index contributed by atoms with van der Waals surface area (Å²) in [6, 6.07) is 9.37. The van der Waals surface area contributed by atoms with Crippen LogP contribution in [0.3, 0.4) is 0 Å². The Balaban J connectivity index is 1.53. The van der Waals surface area contributed by atoms with Gasteiger partial charge in [-0.05, 0) is 38.0 Å². The highest BCUT2D eigenvalue weighted by Crippen LogP contribution is 2.15. The molecule has 3 rings (SSSR count). The lowest BCUT2D eigenvalue weighted by Crippen LogP contribution is -2.46. The molecule has 1 fully saturated rings. The van der Waals surface area contributed by atoms with Crippen LogP contribution in [0.2, 0.25) is 0 Å². The number of carbonyl (C=O) groups is 2. The smallest absolute Gasteiger partial charge is 0.254 e. The molecule has 2 aromatic rings. The summed E-state index contributed by atoms with van der Waals surface area (Å²) in [5.41, 5.74) is 2.39. The lowest BCUT2D eigenvalue weighted by atomic mass is 10.0. The van der Waals surface area contributed by atoms with Gasteiger partial charge >= 0.3 is 0 Å². The molecule has 0 spiro atoms. The number of nitrogens with zero attached hydrogens (tertiary/aromatic N) is 1. The molecule has 0 atom stereocenters. The molecule has 5 heteroatoms. The van der Waals surface area contributed by atoms with E-state index in [0.717, 1.165) is 24.0 Å². The number of hydrogen-bond donors (Lipinski definition) is 1. The van der Waals surface area contributed by atoms with Gasteiger partial charge in [-0.25, -0.2) is 0 Å². The molecule has 0 bridgehead atoms. The summed E-state index contributed by atoms with van der Waals surface area (Å²) < 4.78 is 4.92. The molecule has 5 nitrogen and oxygen atoms in total. The van der Waals surface area contributed by atoms with Crippen LogP contribution in [0.1, 0.15) is 39.1 Å². The van der Waals surface area contributed by atoms with Crippen molar-refractivity contribution in [2.75, 3.05) is 13.1 Å². The molecule has 1 aliphatic heterocycles. The van der Waals surface area contributed by atoms with E-state index < -0.39 is 0 Å². The summed E-state index contributed by atoms with van der Waals surface area (Å²) in [4.78, 5) is 26.3. The van der Waals surface area contributed by atoms with E-state index in [9.17, 15) is 9.59 Å². The predicted octanol–water partition coefficient (Wildman–Crippen LogP) is 2.62. The lowest BCUT2D eigenvalue weighted by Gasteiger charge is -2.32. The van der Waals surface area contributed by atoms with Crippen LogP contribution in [-0.2, 0) is 0 Å². The van der Waals surface area contributed by atoms with Crippen molar-refractivity contribution in [3.05, 3.63) is 59.5 Å². The molecular weight excluding hydrogens is 292 g/mol. The van der Waals surface area contributed by atoms with Gasteiger partial charge in [-0.1, -0.05) is 17.7 Å². The van der Waals surface area contributed by atoms with Gasteiger partial charge in [-0.2, -0.15) is 0 Å². The Hall–Kier alpha value is -2.56. The van der Waals surface area contributed by atoms with Crippen LogP contribution in [0.15, 0.2) is 47.3 Å². The summed E-state index contributed by atoms with van der Waals surface area (Å²) in [5.74, 6) is -0.0633. The van der Waals surface area contributed by atoms with Gasteiger partial charge in [-0.15, -0.1) is 0 Å². The van der Waals surface area contributed by atoms with E-state index in [4.69, 9.17) is 4.42 Å². The maximum Gasteiger partial charge on any atom is 0.254 e. The van der Waals surface area contributed by atoms with Gasteiger partial charge in [0.15, 0.2) is 0 Å². The van der Waals surface area contributed by atoms with Crippen molar-refractivity contribution in [3.63, 3.8) is 0 Å². The average molecular weight is 312 g/mol. The quantitative estimate of drug-likeness (QED) is 0.947. The van der Waals surface area contributed by atoms with Gasteiger partial charge in [-0.3, -0.25) is 9.59 Å². The molecule has 2 heterocycles. The van der Waals surface area contributed by atoms with E-state index in [1.54, 1.807) is 6.07 Å². The number of benzene rings is 1. The number of aryl methyl sites for hydroxylation is 1. The number of carbonyl (C=O) groups excluding carboxylic acids is 2. The third-order valence-corrected chi connectivity index (χ3v) is 4.20. The first-order valence-corrected chi connectivity index (χ1v) is 7.82. The zero-order valence-corrected chi connectivity index (χ0v) is 13.1. The molecular formula is C18H20N2O3. The van der Waals surface area contributed by atoms with Gasteiger partial charge in [0, 0.05) is 24.7 Å². The van der Waals surface area contributed by atoms with Crippen molar-refractivity contribution >= 4 is 11.8 Å². The molecule has 1 saturated heterocycles. The van der Waals surface area contributed by atoms with Crippen molar-refractivity contribution < 1.29 is 14.0 Å². The molecule has 0 aliphatic carbocycles. The fraction of sp³-hybridized carbons (Fsp3) is 0.333. The van der Waals surface area contributed by atoms with Gasteiger partial charge in [0.1, 0.15) is 6.26 Å². The molecule has 0 saturated carbocycles. The summed E-state index contributed by atoms with van der Waals surface area (Å²) in [5, 5.41) is 2.99. The zero-order chi connectivity index (χ0) is 16.2. The third-order valence-electron chi connectivity index (χ3n) is 4.20. The van der Waals surface area contributed by atoms with Crippen LogP contribution in [0, 0.1) is 6.92 Å². The number of rotatable bonds is 3. The van der Waals surface area contributed by atoms with Gasteiger partial charge < -0.3 is 14.6 Å². The largest absolute Gasteiger partial charge is 0.472 e. The van der Waals surface area contributed by atoms with Gasteiger partial charge in [0.2, 0.25) is 0 Å². The molecule has 1 aromatic heterocycles. The zero-order valence-electron chi connectivity index (χ0n) is 13.1. The Morgan fingerprint density at radius 3 is 2.39 bits per heavy atom. The van der Waals surface area contributed by atoms with E-state index in [1.807, 2.05) is 36.1 Å². The number of piperidine rings is 1. The van der Waals surface area contributed by atoms with E-state index in [1.165, 1.54) is 12.5 Å². The standard InChI is InChI=1S/C18H20N2O3/c1-13-2-4-14(5-3-13)18(22)20-9-6-16(7-10-20)19-17(21)15-8-11-23-12-15/h2-5,8,11-12,16H,6-7,9-10H2,1H3,(H,19,21). The molecule has 23 heavy (non-hydrogen) atoms. The Morgan fingerprint density at radius 2 is 1.78 bits per heavy atom. The first-order chi connectivity index (χ1) is 11.1. The first-order valence-electron chi connectivity index (χ1n) is 7.82. The van der Waals surface area contributed by atoms with Crippen molar-refractivity contribution in [1.29, 1.82) is 0 Å². The highest BCUT2D eigenvalue weighted by molar-refractivity contribution is 5.95. The summed E-state index contributed by atoms with van der Waals surface area (Å²) in [6.45, 7) is 3.31. The number of amides is 2. The summed E-state index contributed by atoms with van der Waals surface area (Å²) in [7, 11) is 0. The van der Waals surface area contributed by atoms with Crippen molar-refractivity contribution in [1.82, 2.24) is 10.2 Å². The topological polar surface area (TPSA) is 62.6 Å². The fourth-order valence-corrected chi connectivity index (χ4v) is 2.77. The Labute approximate surface area is 135 Å². The molecule has 120 valence electrons. The van der Waals surface area contributed by atoms with E-state index >= 15 is 0 Å². The maximum absolute atomic E-state index is 12.5. The monoisotopic (exact) mass is 312 g/mol. The van der Waals surface area contributed by atoms with Gasteiger partial charge in [0.05, 0.1) is 11.8 Å². The molecule has 1 N–H and O–H groups in total. The predicted molar refractivity (Wildman–Crippen MR) is 86.3 cm³/mol. The third kappa shape index (κ3) is 3.62. The Morgan fingerprint density at radius 1 is 1.09 bits per heavy atom. The maximum atomic E-state index is 12.5. The fourth-order valence-electron chi connectivity index (χ4n) is 2.77. The number of likely N-dealkylation sites (tertiary alicyclic amines) is 1. The average Bonchev–Trinajstić information content (AvgIpc) is 3.10. The van der Waals surface area contributed by atoms with Crippen LogP contribution in [0.25, 0.3) is 0 Å². The van der Waals surface area contributed by atoms with Crippen molar-refractivity contribution in [2.45, 2.75) is 25.8 Å². The summed E-state index contributed by atoms with van der Waals surface area (Å²) >= 11 is 0. The van der Waals surface area contributed by atoms with Crippen LogP contribution in [-0.4, -0.2) is 35.8 Å². The van der Waals surface area contributed by atoms with Crippen molar-refractivity contribution in [3.8, 4) is 0 Å². The Kier molecular flexibility index (Phi) is 4.46. The lowest BCUT2D eigenvalue weighted by molar-refractivity contribution is 0.0698. The summed E-state index contributed by atoms with van der Waals surface area (Å²) in [6.07, 6.45) is 4.45. The second kappa shape index (κ2) is 6.69. The molecule has 1 aromatic carbocycles. The second-order valence-electron chi connectivity index (χ2n) is 5.92.